The number of rotatable bonds is 4. The predicted octanol–water partition coefficient (Wildman–Crippen LogP) is 5.43. The summed E-state index contributed by atoms with van der Waals surface area (Å²) >= 11 is 12.0. The predicted molar refractivity (Wildman–Crippen MR) is 109 cm³/mol. The van der Waals surface area contributed by atoms with Crippen LogP contribution >= 0.6 is 23.2 Å². The first kappa shape index (κ1) is 19.6. The highest BCUT2D eigenvalue weighted by Gasteiger charge is 2.34. The van der Waals surface area contributed by atoms with Gasteiger partial charge in [-0.15, -0.1) is 0 Å². The number of carbonyl (C=O) groups is 1. The standard InChI is InChI=1S/C21H21Cl2NO3/c1-21(2)12-18(16-11-15(26-3)7-8-19(16)27-21)24-20(25)9-5-13-4-6-14(22)10-17(13)23/h4-11,18H,12H2,1-3H3,(H,24,25)/b9-5+/t18-/m0/s1. The molecule has 3 rings (SSSR count). The van der Waals surface area contributed by atoms with Gasteiger partial charge in [-0.05, 0) is 55.8 Å². The van der Waals surface area contributed by atoms with Gasteiger partial charge in [0.15, 0.2) is 0 Å². The lowest BCUT2D eigenvalue weighted by Gasteiger charge is -2.37. The van der Waals surface area contributed by atoms with Crippen LogP contribution in [0.3, 0.4) is 0 Å². The van der Waals surface area contributed by atoms with Gasteiger partial charge >= 0.3 is 0 Å². The van der Waals surface area contributed by atoms with Crippen molar-refractivity contribution in [2.75, 3.05) is 7.11 Å². The minimum Gasteiger partial charge on any atom is -0.497 e. The second-order valence-corrected chi connectivity index (χ2v) is 7.87. The minimum atomic E-state index is -0.386. The third-order valence-electron chi connectivity index (χ3n) is 4.37. The molecule has 0 unspecified atom stereocenters. The molecule has 27 heavy (non-hydrogen) atoms. The summed E-state index contributed by atoms with van der Waals surface area (Å²) in [6, 6.07) is 10.6. The summed E-state index contributed by atoms with van der Waals surface area (Å²) < 4.78 is 11.3. The van der Waals surface area contributed by atoms with Crippen molar-refractivity contribution in [1.82, 2.24) is 5.32 Å². The van der Waals surface area contributed by atoms with Gasteiger partial charge in [-0.25, -0.2) is 0 Å². The zero-order valence-corrected chi connectivity index (χ0v) is 16.9. The van der Waals surface area contributed by atoms with Crippen molar-refractivity contribution >= 4 is 35.2 Å². The molecule has 0 spiro atoms. The van der Waals surface area contributed by atoms with Crippen LogP contribution in [0.5, 0.6) is 11.5 Å². The van der Waals surface area contributed by atoms with Gasteiger partial charge < -0.3 is 14.8 Å². The molecule has 142 valence electrons. The maximum atomic E-state index is 12.5. The molecule has 0 aliphatic carbocycles. The van der Waals surface area contributed by atoms with E-state index in [1.54, 1.807) is 31.4 Å². The Balaban J connectivity index is 1.80. The fraction of sp³-hybridized carbons (Fsp3) is 0.286. The lowest BCUT2D eigenvalue weighted by molar-refractivity contribution is -0.117. The lowest BCUT2D eigenvalue weighted by Crippen LogP contribution is -2.40. The molecular weight excluding hydrogens is 385 g/mol. The van der Waals surface area contributed by atoms with Crippen molar-refractivity contribution in [2.24, 2.45) is 0 Å². The molecule has 0 saturated carbocycles. The Bertz CT molecular complexity index is 893. The highest BCUT2D eigenvalue weighted by Crippen LogP contribution is 2.41. The van der Waals surface area contributed by atoms with E-state index in [-0.39, 0.29) is 17.6 Å². The molecular formula is C21H21Cl2NO3. The zero-order valence-electron chi connectivity index (χ0n) is 15.4. The molecule has 1 amide bonds. The molecule has 0 saturated heterocycles. The van der Waals surface area contributed by atoms with Gasteiger partial charge in [-0.1, -0.05) is 29.3 Å². The second kappa shape index (κ2) is 7.83. The first-order valence-electron chi connectivity index (χ1n) is 8.58. The number of halogens is 2. The molecule has 0 bridgehead atoms. The zero-order chi connectivity index (χ0) is 19.6. The first-order chi connectivity index (χ1) is 12.8. The Morgan fingerprint density at radius 3 is 2.74 bits per heavy atom. The quantitative estimate of drug-likeness (QED) is 0.689. The number of nitrogens with one attached hydrogen (secondary N) is 1. The van der Waals surface area contributed by atoms with Gasteiger partial charge in [0.05, 0.1) is 13.2 Å². The van der Waals surface area contributed by atoms with E-state index in [4.69, 9.17) is 32.7 Å². The van der Waals surface area contributed by atoms with Crippen LogP contribution in [0.2, 0.25) is 10.0 Å². The molecule has 4 nitrogen and oxygen atoms in total. The molecule has 1 atom stereocenters. The van der Waals surface area contributed by atoms with Gasteiger partial charge in [0, 0.05) is 28.1 Å². The molecule has 6 heteroatoms. The SMILES string of the molecule is COc1ccc2c(c1)[C@@H](NC(=O)/C=C/c1ccc(Cl)cc1Cl)CC(C)(C)O2. The Morgan fingerprint density at radius 2 is 2.04 bits per heavy atom. The lowest BCUT2D eigenvalue weighted by atomic mass is 9.89. The maximum absolute atomic E-state index is 12.5. The molecule has 2 aromatic carbocycles. The summed E-state index contributed by atoms with van der Waals surface area (Å²) in [7, 11) is 1.61. The van der Waals surface area contributed by atoms with Gasteiger partial charge in [0.1, 0.15) is 17.1 Å². The molecule has 0 fully saturated rings. The van der Waals surface area contributed by atoms with Gasteiger partial charge in [-0.2, -0.15) is 0 Å². The fourth-order valence-corrected chi connectivity index (χ4v) is 3.58. The number of hydrogen-bond acceptors (Lipinski definition) is 3. The fourth-order valence-electron chi connectivity index (χ4n) is 3.11. The maximum Gasteiger partial charge on any atom is 0.244 e. The van der Waals surface area contributed by atoms with E-state index in [9.17, 15) is 4.79 Å². The summed E-state index contributed by atoms with van der Waals surface area (Å²) in [4.78, 5) is 12.5. The highest BCUT2D eigenvalue weighted by atomic mass is 35.5. The Kier molecular flexibility index (Phi) is 5.68. The normalized spacial score (nSPS) is 17.9. The summed E-state index contributed by atoms with van der Waals surface area (Å²) in [5.41, 5.74) is 1.24. The van der Waals surface area contributed by atoms with E-state index >= 15 is 0 Å². The number of fused-ring (bicyclic) bond motifs is 1. The van der Waals surface area contributed by atoms with E-state index in [0.29, 0.717) is 16.5 Å². The van der Waals surface area contributed by atoms with E-state index in [1.165, 1.54) is 6.08 Å². The molecule has 0 aromatic heterocycles. The van der Waals surface area contributed by atoms with Crippen LogP contribution in [0.1, 0.15) is 37.4 Å². The summed E-state index contributed by atoms with van der Waals surface area (Å²) in [6.45, 7) is 4.01. The number of methoxy groups -OCH3 is 1. The van der Waals surface area contributed by atoms with Crippen LogP contribution in [-0.4, -0.2) is 18.6 Å². The van der Waals surface area contributed by atoms with Crippen molar-refractivity contribution in [1.29, 1.82) is 0 Å². The number of benzene rings is 2. The molecule has 2 aromatic rings. The van der Waals surface area contributed by atoms with E-state index in [0.717, 1.165) is 22.6 Å². The summed E-state index contributed by atoms with van der Waals surface area (Å²) in [5, 5.41) is 4.10. The third-order valence-corrected chi connectivity index (χ3v) is 4.93. The smallest absolute Gasteiger partial charge is 0.244 e. The van der Waals surface area contributed by atoms with Crippen LogP contribution in [-0.2, 0) is 4.79 Å². The largest absolute Gasteiger partial charge is 0.497 e. The number of carbonyl (C=O) groups excluding carboxylic acids is 1. The Hall–Kier alpha value is -2.17. The average molecular weight is 406 g/mol. The molecule has 1 heterocycles. The van der Waals surface area contributed by atoms with Crippen LogP contribution in [0.4, 0.5) is 0 Å². The molecule has 1 N–H and O–H groups in total. The minimum absolute atomic E-state index is 0.184. The van der Waals surface area contributed by atoms with Gasteiger partial charge in [0.25, 0.3) is 0 Å². The van der Waals surface area contributed by atoms with Crippen LogP contribution in [0.25, 0.3) is 6.08 Å². The van der Waals surface area contributed by atoms with Crippen LogP contribution in [0, 0.1) is 0 Å². The van der Waals surface area contributed by atoms with Gasteiger partial charge in [-0.3, -0.25) is 4.79 Å². The van der Waals surface area contributed by atoms with Gasteiger partial charge in [0.2, 0.25) is 5.91 Å². The topological polar surface area (TPSA) is 47.6 Å². The first-order valence-corrected chi connectivity index (χ1v) is 9.33. The third kappa shape index (κ3) is 4.76. The number of hydrogen-bond donors (Lipinski definition) is 1. The average Bonchev–Trinajstić information content (AvgIpc) is 2.60. The van der Waals surface area contributed by atoms with E-state index in [2.05, 4.69) is 5.32 Å². The van der Waals surface area contributed by atoms with E-state index < -0.39 is 0 Å². The highest BCUT2D eigenvalue weighted by molar-refractivity contribution is 6.35. The van der Waals surface area contributed by atoms with Crippen LogP contribution in [0.15, 0.2) is 42.5 Å². The Labute approximate surface area is 169 Å². The van der Waals surface area contributed by atoms with Crippen molar-refractivity contribution in [2.45, 2.75) is 31.9 Å². The van der Waals surface area contributed by atoms with Crippen LogP contribution < -0.4 is 14.8 Å². The second-order valence-electron chi connectivity index (χ2n) is 7.03. The summed E-state index contributed by atoms with van der Waals surface area (Å²) in [5.74, 6) is 1.26. The van der Waals surface area contributed by atoms with Crippen molar-refractivity contribution < 1.29 is 14.3 Å². The monoisotopic (exact) mass is 405 g/mol. The van der Waals surface area contributed by atoms with Crippen molar-refractivity contribution in [3.63, 3.8) is 0 Å². The molecule has 1 aliphatic heterocycles. The van der Waals surface area contributed by atoms with Crippen molar-refractivity contribution in [3.8, 4) is 11.5 Å². The molecule has 1 aliphatic rings. The van der Waals surface area contributed by atoms with E-state index in [1.807, 2.05) is 32.0 Å². The Morgan fingerprint density at radius 1 is 1.26 bits per heavy atom. The number of ether oxygens (including phenoxy) is 2. The summed E-state index contributed by atoms with van der Waals surface area (Å²) in [6.07, 6.45) is 3.79. The molecule has 0 radical (unpaired) electrons. The number of amides is 1. The van der Waals surface area contributed by atoms with Crippen molar-refractivity contribution in [3.05, 3.63) is 63.6 Å².